The number of hydrogen-bond acceptors (Lipinski definition) is 2. The molecule has 2 nitrogen and oxygen atoms in total. The van der Waals surface area contributed by atoms with Crippen molar-refractivity contribution in [3.8, 4) is 0 Å². The Bertz CT molecular complexity index is 822. The summed E-state index contributed by atoms with van der Waals surface area (Å²) in [6, 6.07) is 8.73. The van der Waals surface area contributed by atoms with Crippen LogP contribution in [0.4, 0.5) is 11.4 Å². The quantitative estimate of drug-likeness (QED) is 0.448. The van der Waals surface area contributed by atoms with Gasteiger partial charge < -0.3 is 10.6 Å². The Balaban J connectivity index is 1.06. The summed E-state index contributed by atoms with van der Waals surface area (Å²) in [6.45, 7) is 0. The van der Waals surface area contributed by atoms with Crippen molar-refractivity contribution in [2.24, 2.45) is 46.3 Å². The Morgan fingerprint density at radius 3 is 1.22 bits per heavy atom. The lowest BCUT2D eigenvalue weighted by Crippen LogP contribution is -2.51. The molecule has 32 heavy (non-hydrogen) atoms. The van der Waals surface area contributed by atoms with Crippen molar-refractivity contribution in [2.75, 3.05) is 10.6 Å². The van der Waals surface area contributed by atoms with Gasteiger partial charge in [-0.3, -0.25) is 0 Å². The third kappa shape index (κ3) is 3.30. The molecule has 4 heteroatoms. The fourth-order valence-corrected chi connectivity index (χ4v) is 10.7. The molecule has 1 aromatic rings. The molecule has 0 unspecified atom stereocenters. The van der Waals surface area contributed by atoms with Crippen molar-refractivity contribution >= 4 is 45.8 Å². The van der Waals surface area contributed by atoms with E-state index in [-0.39, 0.29) is 10.8 Å². The van der Waals surface area contributed by atoms with E-state index >= 15 is 0 Å². The highest BCUT2D eigenvalue weighted by atomic mass is 32.1. The molecular formula is C28H36N2S2. The van der Waals surface area contributed by atoms with Gasteiger partial charge in [0.25, 0.3) is 0 Å². The van der Waals surface area contributed by atoms with Crippen LogP contribution in [0.15, 0.2) is 24.3 Å². The lowest BCUT2D eigenvalue weighted by Gasteiger charge is -2.57. The van der Waals surface area contributed by atoms with Crippen molar-refractivity contribution in [2.45, 2.75) is 77.0 Å². The highest BCUT2D eigenvalue weighted by Crippen LogP contribution is 2.61. The molecule has 1 aromatic carbocycles. The van der Waals surface area contributed by atoms with Gasteiger partial charge in [-0.2, -0.15) is 0 Å². The molecule has 2 N–H and O–H groups in total. The normalized spacial score (nSPS) is 45.1. The zero-order valence-electron chi connectivity index (χ0n) is 19.1. The first-order chi connectivity index (χ1) is 15.5. The van der Waals surface area contributed by atoms with Crippen LogP contribution in [0.5, 0.6) is 0 Å². The second-order valence-electron chi connectivity index (χ2n) is 12.9. The first-order valence-electron chi connectivity index (χ1n) is 13.2. The third-order valence-electron chi connectivity index (χ3n) is 10.4. The highest BCUT2D eigenvalue weighted by Gasteiger charge is 2.54. The Labute approximate surface area is 203 Å². The van der Waals surface area contributed by atoms with E-state index in [1.54, 1.807) is 0 Å². The molecule has 0 saturated heterocycles. The van der Waals surface area contributed by atoms with Crippen molar-refractivity contribution in [3.63, 3.8) is 0 Å². The maximum atomic E-state index is 6.08. The Morgan fingerprint density at radius 2 is 0.906 bits per heavy atom. The lowest BCUT2D eigenvalue weighted by molar-refractivity contribution is -0.0111. The minimum Gasteiger partial charge on any atom is -0.350 e. The maximum Gasteiger partial charge on any atom is 0.0860 e. The largest absolute Gasteiger partial charge is 0.350 e. The van der Waals surface area contributed by atoms with Gasteiger partial charge in [0, 0.05) is 22.2 Å². The van der Waals surface area contributed by atoms with Gasteiger partial charge in [-0.25, -0.2) is 0 Å². The van der Waals surface area contributed by atoms with E-state index < -0.39 is 0 Å². The number of thiocarbonyl (C=S) groups is 2. The van der Waals surface area contributed by atoms with Crippen molar-refractivity contribution in [3.05, 3.63) is 24.3 Å². The minimum absolute atomic E-state index is 0.266. The average Bonchev–Trinajstić information content (AvgIpc) is 2.72. The molecule has 0 heterocycles. The molecule has 0 aliphatic heterocycles. The monoisotopic (exact) mass is 464 g/mol. The number of benzene rings is 1. The molecule has 8 aliphatic rings. The zero-order chi connectivity index (χ0) is 21.5. The van der Waals surface area contributed by atoms with Gasteiger partial charge >= 0.3 is 0 Å². The summed E-state index contributed by atoms with van der Waals surface area (Å²) in [7, 11) is 0. The van der Waals surface area contributed by atoms with Crippen LogP contribution in [0.25, 0.3) is 0 Å². The summed E-state index contributed by atoms with van der Waals surface area (Å²) >= 11 is 12.2. The fraction of sp³-hybridized carbons (Fsp3) is 0.714. The number of nitrogens with one attached hydrogen (secondary N) is 2. The van der Waals surface area contributed by atoms with Crippen LogP contribution in [-0.2, 0) is 0 Å². The van der Waals surface area contributed by atoms with Crippen LogP contribution in [-0.4, -0.2) is 9.98 Å². The standard InChI is InChI=1S/C28H36N2S2/c31-25(27-11-17-4-18(12-27)6-19(5-17)13-27)29-23-2-1-3-24(10-23)30-26(32)28-14-20-7-21(15-28)9-22(8-20)16-28/h1-3,10,17-22H,4-9,11-16H2,(H,29,31)(H,30,32). The summed E-state index contributed by atoms with van der Waals surface area (Å²) < 4.78 is 0. The third-order valence-corrected chi connectivity index (χ3v) is 11.5. The van der Waals surface area contributed by atoms with Crippen LogP contribution in [0, 0.1) is 46.3 Å². The summed E-state index contributed by atoms with van der Waals surface area (Å²) in [5, 5.41) is 7.39. The van der Waals surface area contributed by atoms with Gasteiger partial charge in [0.05, 0.1) is 9.98 Å². The molecule has 9 rings (SSSR count). The molecule has 0 aromatic heterocycles. The van der Waals surface area contributed by atoms with Crippen LogP contribution in [0.2, 0.25) is 0 Å². The van der Waals surface area contributed by atoms with Crippen molar-refractivity contribution in [1.29, 1.82) is 0 Å². The number of rotatable bonds is 4. The lowest BCUT2D eigenvalue weighted by atomic mass is 9.49. The number of hydrogen-bond donors (Lipinski definition) is 2. The summed E-state index contributed by atoms with van der Waals surface area (Å²) in [5.41, 5.74) is 2.79. The predicted molar refractivity (Wildman–Crippen MR) is 140 cm³/mol. The maximum absolute atomic E-state index is 6.08. The molecule has 0 spiro atoms. The van der Waals surface area contributed by atoms with E-state index in [9.17, 15) is 0 Å². The van der Waals surface area contributed by atoms with Gasteiger partial charge in [0.15, 0.2) is 0 Å². The first-order valence-corrected chi connectivity index (χ1v) is 14.0. The van der Waals surface area contributed by atoms with Gasteiger partial charge in [0.2, 0.25) is 0 Å². The second kappa shape index (κ2) is 7.25. The molecular weight excluding hydrogens is 428 g/mol. The van der Waals surface area contributed by atoms with Gasteiger partial charge in [-0.1, -0.05) is 30.5 Å². The average molecular weight is 465 g/mol. The predicted octanol–water partition coefficient (Wildman–Crippen LogP) is 7.60. The Morgan fingerprint density at radius 1 is 0.594 bits per heavy atom. The van der Waals surface area contributed by atoms with Crippen molar-refractivity contribution < 1.29 is 0 Å². The minimum atomic E-state index is 0.266. The van der Waals surface area contributed by atoms with E-state index in [1.165, 1.54) is 77.0 Å². The smallest absolute Gasteiger partial charge is 0.0860 e. The van der Waals surface area contributed by atoms with Gasteiger partial charge in [-0.15, -0.1) is 0 Å². The topological polar surface area (TPSA) is 24.1 Å². The second-order valence-corrected chi connectivity index (χ2v) is 13.7. The molecule has 8 fully saturated rings. The summed E-state index contributed by atoms with van der Waals surface area (Å²) in [6.07, 6.45) is 16.7. The van der Waals surface area contributed by atoms with Crippen LogP contribution < -0.4 is 10.6 Å². The van der Waals surface area contributed by atoms with Gasteiger partial charge in [0.1, 0.15) is 0 Å². The van der Waals surface area contributed by atoms with Crippen LogP contribution in [0.1, 0.15) is 77.0 Å². The zero-order valence-corrected chi connectivity index (χ0v) is 20.7. The van der Waals surface area contributed by atoms with E-state index in [0.29, 0.717) is 0 Å². The van der Waals surface area contributed by atoms with Crippen molar-refractivity contribution in [1.82, 2.24) is 0 Å². The highest BCUT2D eigenvalue weighted by molar-refractivity contribution is 7.81. The molecule has 8 bridgehead atoms. The van der Waals surface area contributed by atoms with Crippen LogP contribution in [0.3, 0.4) is 0 Å². The molecule has 0 amide bonds. The number of anilines is 2. The van der Waals surface area contributed by atoms with E-state index in [0.717, 1.165) is 56.9 Å². The van der Waals surface area contributed by atoms with Gasteiger partial charge in [-0.05, 0) is 131 Å². The SMILES string of the molecule is S=C(Nc1cccc(NC(=S)C23CC4CC(CC(C4)C2)C3)c1)C12CC3CC(CC(C3)C1)C2. The molecule has 8 saturated carbocycles. The van der Waals surface area contributed by atoms with E-state index in [2.05, 4.69) is 34.9 Å². The van der Waals surface area contributed by atoms with E-state index in [4.69, 9.17) is 24.4 Å². The molecule has 170 valence electrons. The summed E-state index contributed by atoms with van der Waals surface area (Å²) in [5.74, 6) is 5.54. The molecule has 8 aliphatic carbocycles. The Hall–Kier alpha value is -1.000. The fourth-order valence-electron chi connectivity index (χ4n) is 9.98. The first kappa shape index (κ1) is 20.4. The Kier molecular flexibility index (Phi) is 4.62. The molecule has 0 atom stereocenters. The van der Waals surface area contributed by atoms with Crippen LogP contribution >= 0.6 is 24.4 Å². The molecule has 0 radical (unpaired) electrons. The van der Waals surface area contributed by atoms with E-state index in [1.807, 2.05) is 0 Å². The summed E-state index contributed by atoms with van der Waals surface area (Å²) in [4.78, 5) is 2.22.